The average molecular weight is 166 g/mol. The van der Waals surface area contributed by atoms with E-state index in [9.17, 15) is 0 Å². The predicted octanol–water partition coefficient (Wildman–Crippen LogP) is 1.78. The van der Waals surface area contributed by atoms with Crippen LogP contribution < -0.4 is 9.47 Å². The van der Waals surface area contributed by atoms with Gasteiger partial charge >= 0.3 is 6.48 Å². The van der Waals surface area contributed by atoms with Crippen molar-refractivity contribution in [1.29, 1.82) is 0 Å². The summed E-state index contributed by atoms with van der Waals surface area (Å²) in [5, 5.41) is 0. The molecule has 0 fully saturated rings. The lowest BCUT2D eigenvalue weighted by atomic mass is 10.3. The standard InChI is InChI=1S/C9H10O3/c1-2-10-9-11-7-5-3-4-6-8(7)12-9/h3-6,9H,2H2,1H3. The number of benzene rings is 1. The summed E-state index contributed by atoms with van der Waals surface area (Å²) in [6.45, 7) is 1.92. The minimum Gasteiger partial charge on any atom is -0.428 e. The molecule has 0 aliphatic carbocycles. The van der Waals surface area contributed by atoms with E-state index >= 15 is 0 Å². The molecule has 0 unspecified atom stereocenters. The molecular formula is C9H10O3. The molecule has 0 bridgehead atoms. The molecule has 0 radical (unpaired) electrons. The fourth-order valence-corrected chi connectivity index (χ4v) is 1.08. The van der Waals surface area contributed by atoms with Crippen molar-refractivity contribution in [1.82, 2.24) is 0 Å². The van der Waals surface area contributed by atoms with Crippen LogP contribution in [0.25, 0.3) is 0 Å². The van der Waals surface area contributed by atoms with E-state index in [1.807, 2.05) is 31.2 Å². The van der Waals surface area contributed by atoms with E-state index in [0.717, 1.165) is 11.5 Å². The molecule has 0 amide bonds. The van der Waals surface area contributed by atoms with Crippen LogP contribution in [0.1, 0.15) is 6.92 Å². The highest BCUT2D eigenvalue weighted by Crippen LogP contribution is 2.33. The lowest BCUT2D eigenvalue weighted by Crippen LogP contribution is -2.21. The highest BCUT2D eigenvalue weighted by Gasteiger charge is 2.23. The van der Waals surface area contributed by atoms with E-state index in [1.165, 1.54) is 0 Å². The monoisotopic (exact) mass is 166 g/mol. The molecule has 64 valence electrons. The van der Waals surface area contributed by atoms with Crippen molar-refractivity contribution in [2.45, 2.75) is 13.4 Å². The van der Waals surface area contributed by atoms with Crippen LogP contribution in [0.3, 0.4) is 0 Å². The van der Waals surface area contributed by atoms with Gasteiger partial charge in [-0.25, -0.2) is 0 Å². The van der Waals surface area contributed by atoms with Crippen LogP contribution in [0.4, 0.5) is 0 Å². The zero-order valence-corrected chi connectivity index (χ0v) is 6.82. The fraction of sp³-hybridized carbons (Fsp3) is 0.333. The van der Waals surface area contributed by atoms with Crippen molar-refractivity contribution in [3.05, 3.63) is 24.3 Å². The molecule has 0 saturated heterocycles. The van der Waals surface area contributed by atoms with Crippen LogP contribution in [0.15, 0.2) is 24.3 Å². The molecule has 0 N–H and O–H groups in total. The van der Waals surface area contributed by atoms with Crippen LogP contribution in [-0.4, -0.2) is 13.1 Å². The van der Waals surface area contributed by atoms with Gasteiger partial charge < -0.3 is 14.2 Å². The quantitative estimate of drug-likeness (QED) is 0.670. The van der Waals surface area contributed by atoms with Gasteiger partial charge in [0.1, 0.15) is 0 Å². The second-order valence-electron chi connectivity index (χ2n) is 2.43. The Labute approximate surface area is 70.9 Å². The van der Waals surface area contributed by atoms with E-state index in [2.05, 4.69) is 0 Å². The van der Waals surface area contributed by atoms with Gasteiger partial charge in [0.05, 0.1) is 6.61 Å². The Morgan fingerprint density at radius 3 is 2.33 bits per heavy atom. The number of ether oxygens (including phenoxy) is 3. The molecule has 1 aliphatic heterocycles. The maximum Gasteiger partial charge on any atom is 0.361 e. The van der Waals surface area contributed by atoms with Crippen LogP contribution in [-0.2, 0) is 4.74 Å². The Hall–Kier alpha value is -1.22. The minimum absolute atomic E-state index is 0.563. The van der Waals surface area contributed by atoms with Crippen LogP contribution in [0.2, 0.25) is 0 Å². The van der Waals surface area contributed by atoms with E-state index in [4.69, 9.17) is 14.2 Å². The summed E-state index contributed by atoms with van der Waals surface area (Å²) in [5.41, 5.74) is 0. The first-order valence-corrected chi connectivity index (χ1v) is 3.94. The molecule has 0 aromatic heterocycles. The predicted molar refractivity (Wildman–Crippen MR) is 43.1 cm³/mol. The molecule has 0 atom stereocenters. The first-order chi connectivity index (χ1) is 5.90. The van der Waals surface area contributed by atoms with Crippen LogP contribution in [0.5, 0.6) is 11.5 Å². The lowest BCUT2D eigenvalue weighted by Gasteiger charge is -2.07. The molecule has 3 nitrogen and oxygen atoms in total. The van der Waals surface area contributed by atoms with Gasteiger partial charge in [-0.3, -0.25) is 0 Å². The zero-order valence-electron chi connectivity index (χ0n) is 6.82. The molecule has 0 saturated carbocycles. The fourth-order valence-electron chi connectivity index (χ4n) is 1.08. The topological polar surface area (TPSA) is 27.7 Å². The number of hydrogen-bond donors (Lipinski definition) is 0. The third-order valence-electron chi connectivity index (χ3n) is 1.60. The second-order valence-corrected chi connectivity index (χ2v) is 2.43. The van der Waals surface area contributed by atoms with Gasteiger partial charge in [0, 0.05) is 0 Å². The summed E-state index contributed by atoms with van der Waals surface area (Å²) >= 11 is 0. The number of rotatable bonds is 2. The van der Waals surface area contributed by atoms with E-state index in [0.29, 0.717) is 6.61 Å². The maximum absolute atomic E-state index is 5.30. The van der Waals surface area contributed by atoms with Crippen molar-refractivity contribution in [2.75, 3.05) is 6.61 Å². The van der Waals surface area contributed by atoms with Crippen LogP contribution in [0, 0.1) is 0 Å². The minimum atomic E-state index is -0.563. The largest absolute Gasteiger partial charge is 0.428 e. The summed E-state index contributed by atoms with van der Waals surface area (Å²) in [6.07, 6.45) is 0. The third kappa shape index (κ3) is 1.23. The molecule has 1 aromatic carbocycles. The molecule has 2 rings (SSSR count). The Bertz CT molecular complexity index is 247. The average Bonchev–Trinajstić information content (AvgIpc) is 2.47. The Morgan fingerprint density at radius 1 is 1.25 bits per heavy atom. The molecule has 1 aliphatic rings. The number of fused-ring (bicyclic) bond motifs is 1. The van der Waals surface area contributed by atoms with Gasteiger partial charge in [0.15, 0.2) is 11.5 Å². The van der Waals surface area contributed by atoms with Gasteiger partial charge in [-0.2, -0.15) is 0 Å². The normalized spacial score (nSPS) is 15.1. The second kappa shape index (κ2) is 3.03. The van der Waals surface area contributed by atoms with Crippen molar-refractivity contribution in [3.8, 4) is 11.5 Å². The SMILES string of the molecule is CCOC1Oc2ccccc2O1. The molecule has 1 heterocycles. The first kappa shape index (κ1) is 7.43. The molecule has 1 aromatic rings. The Morgan fingerprint density at radius 2 is 1.83 bits per heavy atom. The Balaban J connectivity index is 2.11. The summed E-state index contributed by atoms with van der Waals surface area (Å²) in [5.74, 6) is 1.49. The van der Waals surface area contributed by atoms with E-state index in [1.54, 1.807) is 0 Å². The van der Waals surface area contributed by atoms with Crippen molar-refractivity contribution in [3.63, 3.8) is 0 Å². The molecule has 12 heavy (non-hydrogen) atoms. The number of hydrogen-bond acceptors (Lipinski definition) is 3. The molecule has 3 heteroatoms. The zero-order chi connectivity index (χ0) is 8.39. The van der Waals surface area contributed by atoms with Crippen molar-refractivity contribution < 1.29 is 14.2 Å². The molecule has 0 spiro atoms. The summed E-state index contributed by atoms with van der Waals surface area (Å²) in [7, 11) is 0. The summed E-state index contributed by atoms with van der Waals surface area (Å²) in [6, 6.07) is 7.51. The van der Waals surface area contributed by atoms with E-state index in [-0.39, 0.29) is 0 Å². The first-order valence-electron chi connectivity index (χ1n) is 3.94. The Kier molecular flexibility index (Phi) is 1.87. The third-order valence-corrected chi connectivity index (χ3v) is 1.60. The van der Waals surface area contributed by atoms with Gasteiger partial charge in [-0.1, -0.05) is 12.1 Å². The van der Waals surface area contributed by atoms with Gasteiger partial charge in [0.2, 0.25) is 0 Å². The highest BCUT2D eigenvalue weighted by molar-refractivity contribution is 5.41. The van der Waals surface area contributed by atoms with Crippen molar-refractivity contribution in [2.24, 2.45) is 0 Å². The summed E-state index contributed by atoms with van der Waals surface area (Å²) < 4.78 is 15.7. The maximum atomic E-state index is 5.30. The highest BCUT2D eigenvalue weighted by atomic mass is 16.9. The lowest BCUT2D eigenvalue weighted by molar-refractivity contribution is -0.173. The molecular weight excluding hydrogens is 156 g/mol. The smallest absolute Gasteiger partial charge is 0.361 e. The van der Waals surface area contributed by atoms with Crippen LogP contribution >= 0.6 is 0 Å². The number of para-hydroxylation sites is 2. The van der Waals surface area contributed by atoms with Gasteiger partial charge in [-0.15, -0.1) is 0 Å². The van der Waals surface area contributed by atoms with Crippen molar-refractivity contribution >= 4 is 0 Å². The van der Waals surface area contributed by atoms with Gasteiger partial charge in [0.25, 0.3) is 0 Å². The van der Waals surface area contributed by atoms with E-state index < -0.39 is 6.48 Å². The summed E-state index contributed by atoms with van der Waals surface area (Å²) in [4.78, 5) is 0. The van der Waals surface area contributed by atoms with Gasteiger partial charge in [-0.05, 0) is 19.1 Å².